The van der Waals surface area contributed by atoms with E-state index in [1.54, 1.807) is 26.1 Å². The number of para-hydroxylation sites is 1. The number of benzene rings is 2. The normalized spacial score (nSPS) is 12.5. The SMILES string of the molecule is Cc1cc(C)cc(N([C@@H](C)C(=O)N(C)c2ccccc2)S(C)(=O)=O)c1. The highest BCUT2D eigenvalue weighted by Crippen LogP contribution is 2.25. The van der Waals surface area contributed by atoms with Crippen LogP contribution in [0.4, 0.5) is 11.4 Å². The van der Waals surface area contributed by atoms with Gasteiger partial charge in [0.05, 0.1) is 11.9 Å². The van der Waals surface area contributed by atoms with Crippen LogP contribution < -0.4 is 9.21 Å². The van der Waals surface area contributed by atoms with Crippen LogP contribution >= 0.6 is 0 Å². The molecule has 0 unspecified atom stereocenters. The van der Waals surface area contributed by atoms with Crippen molar-refractivity contribution in [3.63, 3.8) is 0 Å². The van der Waals surface area contributed by atoms with Crippen molar-refractivity contribution in [2.75, 3.05) is 22.5 Å². The molecule has 0 N–H and O–H groups in total. The van der Waals surface area contributed by atoms with Gasteiger partial charge in [-0.25, -0.2) is 8.42 Å². The van der Waals surface area contributed by atoms with E-state index in [2.05, 4.69) is 0 Å². The molecule has 1 amide bonds. The second-order valence-electron chi connectivity index (χ2n) is 6.31. The van der Waals surface area contributed by atoms with Crippen molar-refractivity contribution in [2.45, 2.75) is 26.8 Å². The highest BCUT2D eigenvalue weighted by Gasteiger charge is 2.31. The number of amides is 1. The molecule has 0 spiro atoms. The minimum Gasteiger partial charge on any atom is -0.314 e. The Labute approximate surface area is 149 Å². The first-order chi connectivity index (χ1) is 11.6. The first kappa shape index (κ1) is 19.0. The molecular weight excluding hydrogens is 336 g/mol. The largest absolute Gasteiger partial charge is 0.314 e. The van der Waals surface area contributed by atoms with Gasteiger partial charge in [0, 0.05) is 12.7 Å². The Morgan fingerprint density at radius 1 is 0.960 bits per heavy atom. The van der Waals surface area contributed by atoms with Crippen molar-refractivity contribution in [1.29, 1.82) is 0 Å². The molecule has 5 nitrogen and oxygen atoms in total. The maximum atomic E-state index is 12.9. The summed E-state index contributed by atoms with van der Waals surface area (Å²) in [6, 6.07) is 13.8. The van der Waals surface area contributed by atoms with E-state index in [4.69, 9.17) is 0 Å². The Kier molecular flexibility index (Phi) is 5.52. The van der Waals surface area contributed by atoms with Crippen molar-refractivity contribution in [3.8, 4) is 0 Å². The van der Waals surface area contributed by atoms with Gasteiger partial charge in [-0.2, -0.15) is 0 Å². The number of hydrogen-bond acceptors (Lipinski definition) is 3. The summed E-state index contributed by atoms with van der Waals surface area (Å²) in [4.78, 5) is 14.4. The summed E-state index contributed by atoms with van der Waals surface area (Å²) in [5, 5.41) is 0. The van der Waals surface area contributed by atoms with Crippen LogP contribution in [0.25, 0.3) is 0 Å². The molecule has 0 saturated heterocycles. The number of rotatable bonds is 5. The maximum absolute atomic E-state index is 12.9. The van der Waals surface area contributed by atoms with E-state index in [1.165, 1.54) is 9.21 Å². The van der Waals surface area contributed by atoms with E-state index in [0.29, 0.717) is 11.4 Å². The van der Waals surface area contributed by atoms with Gasteiger partial charge >= 0.3 is 0 Å². The summed E-state index contributed by atoms with van der Waals surface area (Å²) in [7, 11) is -1.98. The summed E-state index contributed by atoms with van der Waals surface area (Å²) in [6.07, 6.45) is 1.12. The quantitative estimate of drug-likeness (QED) is 0.823. The molecule has 0 fully saturated rings. The van der Waals surface area contributed by atoms with Crippen LogP contribution in [0.5, 0.6) is 0 Å². The third-order valence-corrected chi connectivity index (χ3v) is 5.24. The van der Waals surface area contributed by atoms with Crippen LogP contribution in [0.1, 0.15) is 18.1 Å². The molecule has 134 valence electrons. The number of carbonyl (C=O) groups excluding carboxylic acids is 1. The lowest BCUT2D eigenvalue weighted by Crippen LogP contribution is -2.48. The van der Waals surface area contributed by atoms with Crippen molar-refractivity contribution in [3.05, 3.63) is 59.7 Å². The monoisotopic (exact) mass is 360 g/mol. The van der Waals surface area contributed by atoms with Crippen LogP contribution in [0.15, 0.2) is 48.5 Å². The molecule has 0 heterocycles. The average Bonchev–Trinajstić information content (AvgIpc) is 2.52. The number of carbonyl (C=O) groups is 1. The topological polar surface area (TPSA) is 57.7 Å². The molecule has 0 aromatic heterocycles. The molecule has 0 radical (unpaired) electrons. The summed E-state index contributed by atoms with van der Waals surface area (Å²) in [5.41, 5.74) is 3.11. The fourth-order valence-corrected chi connectivity index (χ4v) is 4.09. The molecule has 2 aromatic carbocycles. The summed E-state index contributed by atoms with van der Waals surface area (Å²) in [6.45, 7) is 5.42. The summed E-state index contributed by atoms with van der Waals surface area (Å²) < 4.78 is 26.0. The summed E-state index contributed by atoms with van der Waals surface area (Å²) >= 11 is 0. The lowest BCUT2D eigenvalue weighted by molar-refractivity contribution is -0.119. The number of aryl methyl sites for hydroxylation is 2. The molecule has 2 rings (SSSR count). The molecule has 0 aliphatic rings. The number of likely N-dealkylation sites (N-methyl/N-ethyl adjacent to an activating group) is 1. The van der Waals surface area contributed by atoms with Gasteiger partial charge in [0.2, 0.25) is 15.9 Å². The van der Waals surface area contributed by atoms with Crippen molar-refractivity contribution in [1.82, 2.24) is 0 Å². The van der Waals surface area contributed by atoms with Gasteiger partial charge in [-0.1, -0.05) is 24.3 Å². The van der Waals surface area contributed by atoms with Gasteiger partial charge < -0.3 is 4.90 Å². The van der Waals surface area contributed by atoms with E-state index in [1.807, 2.05) is 50.2 Å². The van der Waals surface area contributed by atoms with E-state index in [0.717, 1.165) is 17.4 Å². The number of sulfonamides is 1. The molecule has 1 atom stereocenters. The molecule has 2 aromatic rings. The fraction of sp³-hybridized carbons (Fsp3) is 0.316. The predicted octanol–water partition coefficient (Wildman–Crippen LogP) is 3.12. The van der Waals surface area contributed by atoms with Crippen LogP contribution in [-0.4, -0.2) is 33.7 Å². The van der Waals surface area contributed by atoms with Crippen LogP contribution in [-0.2, 0) is 14.8 Å². The Morgan fingerprint density at radius 3 is 1.96 bits per heavy atom. The van der Waals surface area contributed by atoms with Gasteiger partial charge in [-0.05, 0) is 56.2 Å². The van der Waals surface area contributed by atoms with E-state index in [9.17, 15) is 13.2 Å². The number of hydrogen-bond donors (Lipinski definition) is 0. The van der Waals surface area contributed by atoms with Crippen molar-refractivity contribution >= 4 is 27.3 Å². The standard InChI is InChI=1S/C19H24N2O3S/c1-14-11-15(2)13-18(12-14)21(25(5,23)24)16(3)19(22)20(4)17-9-7-6-8-10-17/h6-13,16H,1-5H3/t16-/m0/s1. The molecular formula is C19H24N2O3S. The molecule has 25 heavy (non-hydrogen) atoms. The predicted molar refractivity (Wildman–Crippen MR) is 103 cm³/mol. The van der Waals surface area contributed by atoms with Gasteiger partial charge in [0.15, 0.2) is 0 Å². The second kappa shape index (κ2) is 7.27. The Bertz CT molecular complexity index is 843. The van der Waals surface area contributed by atoms with E-state index < -0.39 is 16.1 Å². The van der Waals surface area contributed by atoms with E-state index >= 15 is 0 Å². The van der Waals surface area contributed by atoms with Crippen molar-refractivity contribution in [2.24, 2.45) is 0 Å². The first-order valence-corrected chi connectivity index (χ1v) is 9.86. The van der Waals surface area contributed by atoms with Crippen molar-refractivity contribution < 1.29 is 13.2 Å². The number of anilines is 2. The highest BCUT2D eigenvalue weighted by molar-refractivity contribution is 7.92. The molecule has 0 saturated carbocycles. The summed E-state index contributed by atoms with van der Waals surface area (Å²) in [5.74, 6) is -0.296. The van der Waals surface area contributed by atoms with Gasteiger partial charge in [0.1, 0.15) is 6.04 Å². The zero-order valence-electron chi connectivity index (χ0n) is 15.2. The smallest absolute Gasteiger partial charge is 0.250 e. The third-order valence-electron chi connectivity index (χ3n) is 4.00. The molecule has 0 aliphatic heterocycles. The molecule has 0 bridgehead atoms. The van der Waals surface area contributed by atoms with Gasteiger partial charge in [0.25, 0.3) is 0 Å². The van der Waals surface area contributed by atoms with Crippen LogP contribution in [0.3, 0.4) is 0 Å². The van der Waals surface area contributed by atoms with Crippen LogP contribution in [0, 0.1) is 13.8 Å². The average molecular weight is 360 g/mol. The molecule has 0 aliphatic carbocycles. The minimum atomic E-state index is -3.63. The zero-order chi connectivity index (χ0) is 18.8. The highest BCUT2D eigenvalue weighted by atomic mass is 32.2. The van der Waals surface area contributed by atoms with E-state index in [-0.39, 0.29) is 5.91 Å². The van der Waals surface area contributed by atoms with Crippen LogP contribution in [0.2, 0.25) is 0 Å². The second-order valence-corrected chi connectivity index (χ2v) is 8.17. The Balaban J connectivity index is 2.43. The lowest BCUT2D eigenvalue weighted by Gasteiger charge is -2.31. The fourth-order valence-electron chi connectivity index (χ4n) is 2.94. The van der Waals surface area contributed by atoms with Gasteiger partial charge in [-0.15, -0.1) is 0 Å². The maximum Gasteiger partial charge on any atom is 0.250 e. The first-order valence-electron chi connectivity index (χ1n) is 8.01. The number of nitrogens with zero attached hydrogens (tertiary/aromatic N) is 2. The Morgan fingerprint density at radius 2 is 1.48 bits per heavy atom. The zero-order valence-corrected chi connectivity index (χ0v) is 16.0. The lowest BCUT2D eigenvalue weighted by atomic mass is 10.1. The van der Waals surface area contributed by atoms with Gasteiger partial charge in [-0.3, -0.25) is 9.10 Å². The minimum absolute atomic E-state index is 0.296. The molecule has 6 heteroatoms. The third kappa shape index (κ3) is 4.39. The Hall–Kier alpha value is -2.34.